The van der Waals surface area contributed by atoms with Crippen molar-refractivity contribution in [2.75, 3.05) is 20.2 Å². The van der Waals surface area contributed by atoms with Gasteiger partial charge in [0, 0.05) is 19.5 Å². The molecular formula is C17H21NO5. The Morgan fingerprint density at radius 2 is 1.87 bits per heavy atom. The van der Waals surface area contributed by atoms with Crippen LogP contribution in [0.15, 0.2) is 30.3 Å². The van der Waals surface area contributed by atoms with Crippen LogP contribution in [-0.4, -0.2) is 42.9 Å². The number of nitrogens with zero attached hydrogens (tertiary/aromatic N) is 1. The SMILES string of the molecule is COC(=O)[C@@H]1CN(C(=O)OCc2ccccc2)C[C@@H]1CC(C)=O. The summed E-state index contributed by atoms with van der Waals surface area (Å²) in [5.74, 6) is -1.10. The van der Waals surface area contributed by atoms with E-state index in [9.17, 15) is 14.4 Å². The predicted molar refractivity (Wildman–Crippen MR) is 82.5 cm³/mol. The molecule has 23 heavy (non-hydrogen) atoms. The van der Waals surface area contributed by atoms with Crippen molar-refractivity contribution in [1.82, 2.24) is 4.90 Å². The lowest BCUT2D eigenvalue weighted by atomic mass is 9.91. The Morgan fingerprint density at radius 1 is 1.17 bits per heavy atom. The van der Waals surface area contributed by atoms with Crippen molar-refractivity contribution in [1.29, 1.82) is 0 Å². The number of ketones is 1. The Kier molecular flexibility index (Phi) is 5.73. The molecule has 1 aromatic rings. The number of ether oxygens (including phenoxy) is 2. The van der Waals surface area contributed by atoms with Crippen LogP contribution >= 0.6 is 0 Å². The van der Waals surface area contributed by atoms with E-state index in [0.717, 1.165) is 5.56 Å². The molecule has 1 aliphatic rings. The second-order valence-corrected chi connectivity index (χ2v) is 5.74. The maximum atomic E-state index is 12.2. The molecule has 0 aliphatic carbocycles. The first-order chi connectivity index (χ1) is 11.0. The Labute approximate surface area is 135 Å². The largest absolute Gasteiger partial charge is 0.469 e. The Balaban J connectivity index is 1.95. The summed E-state index contributed by atoms with van der Waals surface area (Å²) in [6.07, 6.45) is -0.226. The van der Waals surface area contributed by atoms with Gasteiger partial charge in [0.25, 0.3) is 0 Å². The number of rotatable bonds is 5. The highest BCUT2D eigenvalue weighted by molar-refractivity contribution is 5.80. The second-order valence-electron chi connectivity index (χ2n) is 5.74. The topological polar surface area (TPSA) is 72.9 Å². The highest BCUT2D eigenvalue weighted by Crippen LogP contribution is 2.28. The van der Waals surface area contributed by atoms with Crippen LogP contribution in [0.1, 0.15) is 18.9 Å². The summed E-state index contributed by atoms with van der Waals surface area (Å²) in [7, 11) is 1.31. The molecule has 1 amide bonds. The fourth-order valence-electron chi connectivity index (χ4n) is 2.83. The van der Waals surface area contributed by atoms with Gasteiger partial charge in [-0.05, 0) is 18.4 Å². The molecule has 1 aliphatic heterocycles. The average Bonchev–Trinajstić information content (AvgIpc) is 2.96. The fraction of sp³-hybridized carbons (Fsp3) is 0.471. The Bertz CT molecular complexity index is 572. The molecule has 0 unspecified atom stereocenters. The van der Waals surface area contributed by atoms with E-state index in [1.165, 1.54) is 18.9 Å². The number of likely N-dealkylation sites (tertiary alicyclic amines) is 1. The molecule has 2 atom stereocenters. The molecule has 0 bridgehead atoms. The number of benzene rings is 1. The lowest BCUT2D eigenvalue weighted by Crippen LogP contribution is -2.30. The van der Waals surface area contributed by atoms with E-state index in [0.29, 0.717) is 6.54 Å². The van der Waals surface area contributed by atoms with Gasteiger partial charge in [-0.15, -0.1) is 0 Å². The number of esters is 1. The third-order valence-corrected chi connectivity index (χ3v) is 3.96. The fourth-order valence-corrected chi connectivity index (χ4v) is 2.83. The van der Waals surface area contributed by atoms with E-state index in [2.05, 4.69) is 0 Å². The number of Topliss-reactive ketones (excluding diaryl/α,β-unsaturated/α-hetero) is 1. The molecule has 0 radical (unpaired) electrons. The van der Waals surface area contributed by atoms with Crippen LogP contribution in [0.3, 0.4) is 0 Å². The minimum atomic E-state index is -0.479. The van der Waals surface area contributed by atoms with Crippen LogP contribution in [-0.2, 0) is 25.7 Å². The second kappa shape index (κ2) is 7.76. The van der Waals surface area contributed by atoms with Crippen LogP contribution in [0.2, 0.25) is 0 Å². The van der Waals surface area contributed by atoms with E-state index in [1.807, 2.05) is 30.3 Å². The zero-order chi connectivity index (χ0) is 16.8. The van der Waals surface area contributed by atoms with Crippen LogP contribution in [0.25, 0.3) is 0 Å². The van der Waals surface area contributed by atoms with Crippen LogP contribution < -0.4 is 0 Å². The quantitative estimate of drug-likeness (QED) is 0.776. The monoisotopic (exact) mass is 319 g/mol. The van der Waals surface area contributed by atoms with Gasteiger partial charge in [0.05, 0.1) is 13.0 Å². The predicted octanol–water partition coefficient (Wildman–Crippen LogP) is 2.02. The average molecular weight is 319 g/mol. The van der Waals surface area contributed by atoms with Crippen molar-refractivity contribution >= 4 is 17.8 Å². The molecule has 0 aromatic heterocycles. The minimum absolute atomic E-state index is 0.0107. The summed E-state index contributed by atoms with van der Waals surface area (Å²) >= 11 is 0. The van der Waals surface area contributed by atoms with Gasteiger partial charge in [0.15, 0.2) is 0 Å². The number of carbonyl (C=O) groups excluding carboxylic acids is 3. The van der Waals surface area contributed by atoms with Gasteiger partial charge in [0.1, 0.15) is 12.4 Å². The van der Waals surface area contributed by atoms with Gasteiger partial charge in [-0.1, -0.05) is 30.3 Å². The number of methoxy groups -OCH3 is 1. The van der Waals surface area contributed by atoms with E-state index < -0.39 is 18.0 Å². The first kappa shape index (κ1) is 17.0. The first-order valence-electron chi connectivity index (χ1n) is 7.54. The van der Waals surface area contributed by atoms with Gasteiger partial charge in [0.2, 0.25) is 0 Å². The molecule has 1 aromatic carbocycles. The summed E-state index contributed by atoms with van der Waals surface area (Å²) < 4.78 is 10.1. The summed E-state index contributed by atoms with van der Waals surface area (Å²) in [5, 5.41) is 0. The molecule has 6 nitrogen and oxygen atoms in total. The lowest BCUT2D eigenvalue weighted by molar-refractivity contribution is -0.146. The zero-order valence-corrected chi connectivity index (χ0v) is 13.4. The summed E-state index contributed by atoms with van der Waals surface area (Å²) in [6.45, 7) is 2.20. The van der Waals surface area contributed by atoms with Crippen molar-refractivity contribution in [2.45, 2.75) is 20.0 Å². The molecule has 1 heterocycles. The summed E-state index contributed by atoms with van der Waals surface area (Å²) in [4.78, 5) is 36.8. The lowest BCUT2D eigenvalue weighted by Gasteiger charge is -2.16. The molecule has 2 rings (SSSR count). The maximum Gasteiger partial charge on any atom is 0.410 e. The van der Waals surface area contributed by atoms with E-state index in [4.69, 9.17) is 9.47 Å². The van der Waals surface area contributed by atoms with Crippen molar-refractivity contribution in [3.8, 4) is 0 Å². The van der Waals surface area contributed by atoms with Crippen molar-refractivity contribution in [3.63, 3.8) is 0 Å². The number of amides is 1. The van der Waals surface area contributed by atoms with Crippen molar-refractivity contribution in [3.05, 3.63) is 35.9 Å². The van der Waals surface area contributed by atoms with Gasteiger partial charge in [-0.25, -0.2) is 4.79 Å². The first-order valence-corrected chi connectivity index (χ1v) is 7.54. The highest BCUT2D eigenvalue weighted by Gasteiger charge is 2.41. The van der Waals surface area contributed by atoms with Crippen LogP contribution in [0, 0.1) is 11.8 Å². The van der Waals surface area contributed by atoms with Gasteiger partial charge < -0.3 is 19.2 Å². The molecule has 124 valence electrons. The van der Waals surface area contributed by atoms with E-state index in [-0.39, 0.29) is 31.3 Å². The Morgan fingerprint density at radius 3 is 2.48 bits per heavy atom. The number of hydrogen-bond acceptors (Lipinski definition) is 5. The number of carbonyl (C=O) groups is 3. The highest BCUT2D eigenvalue weighted by atomic mass is 16.6. The molecule has 0 saturated carbocycles. The molecule has 6 heteroatoms. The van der Waals surface area contributed by atoms with Crippen molar-refractivity contribution in [2.24, 2.45) is 11.8 Å². The van der Waals surface area contributed by atoms with Gasteiger partial charge >= 0.3 is 12.1 Å². The van der Waals surface area contributed by atoms with Crippen molar-refractivity contribution < 1.29 is 23.9 Å². The number of hydrogen-bond donors (Lipinski definition) is 0. The van der Waals surface area contributed by atoms with Crippen LogP contribution in [0.4, 0.5) is 4.79 Å². The maximum absolute atomic E-state index is 12.2. The molecule has 0 N–H and O–H groups in total. The Hall–Kier alpha value is -2.37. The smallest absolute Gasteiger partial charge is 0.410 e. The summed E-state index contributed by atoms with van der Waals surface area (Å²) in [6, 6.07) is 9.36. The van der Waals surface area contributed by atoms with Gasteiger partial charge in [-0.3, -0.25) is 4.79 Å². The third kappa shape index (κ3) is 4.55. The van der Waals surface area contributed by atoms with E-state index in [1.54, 1.807) is 0 Å². The van der Waals surface area contributed by atoms with E-state index >= 15 is 0 Å². The van der Waals surface area contributed by atoms with Crippen LogP contribution in [0.5, 0.6) is 0 Å². The molecule has 1 saturated heterocycles. The molecule has 1 fully saturated rings. The summed E-state index contributed by atoms with van der Waals surface area (Å²) in [5.41, 5.74) is 0.893. The molecule has 0 spiro atoms. The van der Waals surface area contributed by atoms with Gasteiger partial charge in [-0.2, -0.15) is 0 Å². The third-order valence-electron chi connectivity index (χ3n) is 3.96. The standard InChI is InChI=1S/C17H21NO5/c1-12(19)8-14-9-18(10-15(14)16(20)22-2)17(21)23-11-13-6-4-3-5-7-13/h3-7,14-15H,8-11H2,1-2H3/t14-,15+/m0/s1. The molecular weight excluding hydrogens is 298 g/mol. The minimum Gasteiger partial charge on any atom is -0.469 e. The normalized spacial score (nSPS) is 20.2. The zero-order valence-electron chi connectivity index (χ0n) is 13.4.